The summed E-state index contributed by atoms with van der Waals surface area (Å²) >= 11 is 5.89. The van der Waals surface area contributed by atoms with Gasteiger partial charge in [0.1, 0.15) is 5.15 Å². The quantitative estimate of drug-likeness (QED) is 0.838. The average molecular weight is 282 g/mol. The van der Waals surface area contributed by atoms with Crippen molar-refractivity contribution in [3.05, 3.63) is 23.0 Å². The number of hydrogen-bond donors (Lipinski definition) is 2. The van der Waals surface area contributed by atoms with E-state index >= 15 is 0 Å². The van der Waals surface area contributed by atoms with Crippen LogP contribution in [0.15, 0.2) is 12.3 Å². The van der Waals surface area contributed by atoms with Crippen LogP contribution in [0.2, 0.25) is 5.15 Å². The molecule has 0 atom stereocenters. The number of anilines is 1. The van der Waals surface area contributed by atoms with Crippen LogP contribution in [0.1, 0.15) is 31.7 Å². The molecule has 1 fully saturated rings. The number of piperidine rings is 1. The van der Waals surface area contributed by atoms with E-state index in [1.807, 2.05) is 13.0 Å². The summed E-state index contributed by atoms with van der Waals surface area (Å²) in [5.74, 6) is 0.0972. The second kappa shape index (κ2) is 5.88. The molecule has 1 aliphatic rings. The predicted molar refractivity (Wildman–Crippen MR) is 77.4 cm³/mol. The van der Waals surface area contributed by atoms with Crippen LogP contribution >= 0.6 is 11.6 Å². The lowest BCUT2D eigenvalue weighted by atomic mass is 9.76. The Morgan fingerprint density at radius 3 is 2.79 bits per heavy atom. The lowest BCUT2D eigenvalue weighted by Gasteiger charge is -2.35. The van der Waals surface area contributed by atoms with Crippen molar-refractivity contribution in [1.29, 1.82) is 0 Å². The summed E-state index contributed by atoms with van der Waals surface area (Å²) in [7, 11) is 0. The molecule has 0 unspecified atom stereocenters. The van der Waals surface area contributed by atoms with Crippen LogP contribution in [-0.2, 0) is 4.79 Å². The Bertz CT molecular complexity index is 470. The van der Waals surface area contributed by atoms with Crippen LogP contribution in [0, 0.1) is 12.3 Å². The fourth-order valence-corrected chi connectivity index (χ4v) is 2.64. The number of amides is 1. The molecule has 0 aromatic carbocycles. The highest BCUT2D eigenvalue weighted by Gasteiger charge is 2.37. The van der Waals surface area contributed by atoms with E-state index in [0.29, 0.717) is 5.15 Å². The smallest absolute Gasteiger partial charge is 0.230 e. The number of aryl methyl sites for hydroxylation is 1. The topological polar surface area (TPSA) is 54.0 Å². The Hall–Kier alpha value is -1.13. The highest BCUT2D eigenvalue weighted by atomic mass is 35.5. The Labute approximate surface area is 118 Å². The maximum atomic E-state index is 12.5. The van der Waals surface area contributed by atoms with E-state index in [-0.39, 0.29) is 11.3 Å². The molecule has 0 spiro atoms. The Morgan fingerprint density at radius 1 is 1.53 bits per heavy atom. The van der Waals surface area contributed by atoms with Gasteiger partial charge >= 0.3 is 0 Å². The highest BCUT2D eigenvalue weighted by Crippen LogP contribution is 2.34. The third-order valence-corrected chi connectivity index (χ3v) is 4.39. The van der Waals surface area contributed by atoms with Crippen molar-refractivity contribution in [3.8, 4) is 0 Å². The summed E-state index contributed by atoms with van der Waals surface area (Å²) in [4.78, 5) is 16.6. The fourth-order valence-electron chi connectivity index (χ4n) is 2.54. The number of pyridine rings is 1. The van der Waals surface area contributed by atoms with Crippen molar-refractivity contribution in [2.75, 3.05) is 18.4 Å². The number of rotatable bonds is 3. The Morgan fingerprint density at radius 2 is 2.21 bits per heavy atom. The van der Waals surface area contributed by atoms with Gasteiger partial charge in [0.2, 0.25) is 5.91 Å². The third kappa shape index (κ3) is 3.07. The molecule has 1 amide bonds. The van der Waals surface area contributed by atoms with Gasteiger partial charge < -0.3 is 10.6 Å². The van der Waals surface area contributed by atoms with Crippen LogP contribution in [-0.4, -0.2) is 24.0 Å². The summed E-state index contributed by atoms with van der Waals surface area (Å²) in [6.45, 7) is 5.76. The Kier molecular flexibility index (Phi) is 4.42. The van der Waals surface area contributed by atoms with E-state index in [4.69, 9.17) is 11.6 Å². The lowest BCUT2D eigenvalue weighted by molar-refractivity contribution is -0.127. The van der Waals surface area contributed by atoms with Crippen molar-refractivity contribution >= 4 is 23.2 Å². The van der Waals surface area contributed by atoms with E-state index in [1.54, 1.807) is 6.20 Å². The van der Waals surface area contributed by atoms with Gasteiger partial charge in [-0.25, -0.2) is 4.98 Å². The first-order valence-corrected chi connectivity index (χ1v) is 7.09. The number of hydrogen-bond acceptors (Lipinski definition) is 3. The molecular formula is C14H20ClN3O. The van der Waals surface area contributed by atoms with Gasteiger partial charge in [-0.05, 0) is 50.9 Å². The zero-order valence-electron chi connectivity index (χ0n) is 11.4. The minimum atomic E-state index is -0.251. The third-order valence-electron chi connectivity index (χ3n) is 3.99. The molecule has 1 aliphatic heterocycles. The molecule has 2 N–H and O–H groups in total. The van der Waals surface area contributed by atoms with Crippen molar-refractivity contribution in [2.45, 2.75) is 33.1 Å². The zero-order valence-corrected chi connectivity index (χ0v) is 12.2. The molecule has 0 aliphatic carbocycles. The largest absolute Gasteiger partial charge is 0.324 e. The lowest BCUT2D eigenvalue weighted by Crippen LogP contribution is -2.44. The SMILES string of the molecule is CCC1(C(=O)Nc2cnc(Cl)c(C)c2)CCNCC1. The van der Waals surface area contributed by atoms with Gasteiger partial charge in [0.25, 0.3) is 0 Å². The van der Waals surface area contributed by atoms with Gasteiger partial charge in [-0.3, -0.25) is 4.79 Å². The second-order valence-corrected chi connectivity index (χ2v) is 5.53. The number of carbonyl (C=O) groups excluding carboxylic acids is 1. The van der Waals surface area contributed by atoms with Gasteiger partial charge in [-0.1, -0.05) is 18.5 Å². The first kappa shape index (κ1) is 14.3. The van der Waals surface area contributed by atoms with E-state index in [9.17, 15) is 4.79 Å². The molecule has 0 bridgehead atoms. The van der Waals surface area contributed by atoms with Gasteiger partial charge in [0.05, 0.1) is 17.3 Å². The number of carbonyl (C=O) groups is 1. The minimum Gasteiger partial charge on any atom is -0.324 e. The fraction of sp³-hybridized carbons (Fsp3) is 0.571. The summed E-state index contributed by atoms with van der Waals surface area (Å²) in [6.07, 6.45) is 4.24. The van der Waals surface area contributed by atoms with Crippen LogP contribution in [0.3, 0.4) is 0 Å². The molecule has 4 nitrogen and oxygen atoms in total. The van der Waals surface area contributed by atoms with Crippen molar-refractivity contribution < 1.29 is 4.79 Å². The molecule has 104 valence electrons. The summed E-state index contributed by atoms with van der Waals surface area (Å²) in [6, 6.07) is 1.86. The molecular weight excluding hydrogens is 262 g/mol. The number of nitrogens with one attached hydrogen (secondary N) is 2. The maximum absolute atomic E-state index is 12.5. The maximum Gasteiger partial charge on any atom is 0.230 e. The molecule has 1 aromatic rings. The molecule has 0 radical (unpaired) electrons. The standard InChI is InChI=1S/C14H20ClN3O/c1-3-14(4-6-16-7-5-14)13(19)18-11-8-10(2)12(15)17-9-11/h8-9,16H,3-7H2,1-2H3,(H,18,19). The van der Waals surface area contributed by atoms with Gasteiger partial charge in [-0.15, -0.1) is 0 Å². The van der Waals surface area contributed by atoms with Crippen molar-refractivity contribution in [2.24, 2.45) is 5.41 Å². The van der Waals surface area contributed by atoms with Crippen LogP contribution in [0.4, 0.5) is 5.69 Å². The van der Waals surface area contributed by atoms with Gasteiger partial charge in [0, 0.05) is 0 Å². The van der Waals surface area contributed by atoms with Crippen molar-refractivity contribution in [3.63, 3.8) is 0 Å². The molecule has 2 rings (SSSR count). The van der Waals surface area contributed by atoms with Crippen molar-refractivity contribution in [1.82, 2.24) is 10.3 Å². The molecule has 1 aromatic heterocycles. The molecule has 5 heteroatoms. The van der Waals surface area contributed by atoms with E-state index in [2.05, 4.69) is 22.5 Å². The highest BCUT2D eigenvalue weighted by molar-refractivity contribution is 6.30. The Balaban J connectivity index is 2.12. The minimum absolute atomic E-state index is 0.0972. The number of aromatic nitrogens is 1. The monoisotopic (exact) mass is 281 g/mol. The second-order valence-electron chi connectivity index (χ2n) is 5.17. The summed E-state index contributed by atoms with van der Waals surface area (Å²) in [5, 5.41) is 6.76. The van der Waals surface area contributed by atoms with Crippen LogP contribution in [0.5, 0.6) is 0 Å². The number of nitrogens with zero attached hydrogens (tertiary/aromatic N) is 1. The molecule has 1 saturated heterocycles. The molecule has 2 heterocycles. The normalized spacial score (nSPS) is 18.1. The first-order valence-electron chi connectivity index (χ1n) is 6.72. The molecule has 19 heavy (non-hydrogen) atoms. The zero-order chi connectivity index (χ0) is 13.9. The number of halogens is 1. The first-order chi connectivity index (χ1) is 9.07. The van der Waals surface area contributed by atoms with Crippen LogP contribution in [0.25, 0.3) is 0 Å². The van der Waals surface area contributed by atoms with E-state index in [0.717, 1.165) is 43.6 Å². The van der Waals surface area contributed by atoms with E-state index in [1.165, 1.54) is 0 Å². The van der Waals surface area contributed by atoms with Gasteiger partial charge in [-0.2, -0.15) is 0 Å². The summed E-state index contributed by atoms with van der Waals surface area (Å²) in [5.41, 5.74) is 1.34. The van der Waals surface area contributed by atoms with E-state index < -0.39 is 0 Å². The molecule has 0 saturated carbocycles. The van der Waals surface area contributed by atoms with Gasteiger partial charge in [0.15, 0.2) is 0 Å². The predicted octanol–water partition coefficient (Wildman–Crippen LogP) is 2.76. The van der Waals surface area contributed by atoms with Crippen LogP contribution < -0.4 is 10.6 Å². The average Bonchev–Trinajstić information content (AvgIpc) is 2.43. The summed E-state index contributed by atoms with van der Waals surface area (Å²) < 4.78 is 0.